The van der Waals surface area contributed by atoms with Crippen LogP contribution >= 0.6 is 23.2 Å². The smallest absolute Gasteiger partial charge is 0.326 e. The third kappa shape index (κ3) is 6.73. The van der Waals surface area contributed by atoms with E-state index in [4.69, 9.17) is 23.2 Å². The molecule has 2 N–H and O–H groups in total. The van der Waals surface area contributed by atoms with Crippen molar-refractivity contribution in [3.63, 3.8) is 0 Å². The van der Waals surface area contributed by atoms with Crippen LogP contribution in [0.5, 0.6) is 0 Å². The quantitative estimate of drug-likeness (QED) is 0.520. The van der Waals surface area contributed by atoms with Crippen LogP contribution in [0, 0.1) is 12.7 Å². The summed E-state index contributed by atoms with van der Waals surface area (Å²) in [5.41, 5.74) is 2.27. The average molecular weight is 412 g/mol. The van der Waals surface area contributed by atoms with Gasteiger partial charge in [-0.1, -0.05) is 40.9 Å². The lowest BCUT2D eigenvalue weighted by atomic mass is 10.2. The molecule has 8 heteroatoms. The summed E-state index contributed by atoms with van der Waals surface area (Å²) in [5.74, 6) is -0.879. The van der Waals surface area contributed by atoms with Gasteiger partial charge in [0.15, 0.2) is 4.84 Å². The number of urea groups is 1. The molecule has 0 fully saturated rings. The fourth-order valence-corrected chi connectivity index (χ4v) is 2.48. The molecule has 0 unspecified atom stereocenters. The van der Waals surface area contributed by atoms with E-state index in [0.717, 1.165) is 5.56 Å². The fraction of sp³-hybridized carbons (Fsp3) is 0.263. The van der Waals surface area contributed by atoms with Gasteiger partial charge in [0, 0.05) is 24.5 Å². The van der Waals surface area contributed by atoms with Crippen LogP contribution in [0.25, 0.3) is 0 Å². The van der Waals surface area contributed by atoms with Crippen LogP contribution in [0.4, 0.5) is 20.6 Å². The number of hydrogen-bond acceptors (Lipinski definition) is 2. The minimum atomic E-state index is -1.14. The second kappa shape index (κ2) is 10.1. The van der Waals surface area contributed by atoms with Crippen molar-refractivity contribution in [1.29, 1.82) is 0 Å². The molecule has 144 valence electrons. The molecule has 5 nitrogen and oxygen atoms in total. The fourth-order valence-electron chi connectivity index (χ4n) is 2.32. The molecular weight excluding hydrogens is 392 g/mol. The number of nitrogens with zero attached hydrogens (tertiary/aromatic N) is 1. The molecule has 0 aliphatic rings. The summed E-state index contributed by atoms with van der Waals surface area (Å²) in [6.07, 6.45) is 0.463. The first-order valence-electron chi connectivity index (χ1n) is 8.33. The molecule has 27 heavy (non-hydrogen) atoms. The van der Waals surface area contributed by atoms with Crippen LogP contribution in [0.1, 0.15) is 12.0 Å². The molecule has 3 amide bonds. The number of amides is 3. The summed E-state index contributed by atoms with van der Waals surface area (Å²) < 4.78 is 13.2. The molecule has 2 aromatic rings. The number of carbonyl (C=O) groups excluding carboxylic acids is 2. The van der Waals surface area contributed by atoms with Crippen molar-refractivity contribution in [3.05, 3.63) is 59.9 Å². The largest absolute Gasteiger partial charge is 0.354 e. The Kier molecular flexibility index (Phi) is 7.88. The summed E-state index contributed by atoms with van der Waals surface area (Å²) in [6.45, 7) is 2.56. The first-order chi connectivity index (χ1) is 12.9. The van der Waals surface area contributed by atoms with E-state index in [1.165, 1.54) is 29.2 Å². The molecule has 0 aromatic heterocycles. The third-order valence-electron chi connectivity index (χ3n) is 3.74. The molecular formula is C19H20Cl2FN3O2. The number of nitrogens with one attached hydrogen (secondary N) is 2. The van der Waals surface area contributed by atoms with Crippen LogP contribution in [0.3, 0.4) is 0 Å². The molecule has 0 aliphatic carbocycles. The maximum atomic E-state index is 13.2. The Morgan fingerprint density at radius 2 is 1.70 bits per heavy atom. The number of anilines is 2. The van der Waals surface area contributed by atoms with Crippen LogP contribution in [-0.2, 0) is 4.79 Å². The van der Waals surface area contributed by atoms with E-state index < -0.39 is 10.7 Å². The average Bonchev–Trinajstić information content (AvgIpc) is 2.64. The molecule has 0 aliphatic heterocycles. The van der Waals surface area contributed by atoms with Gasteiger partial charge in [-0.15, -0.1) is 0 Å². The molecule has 0 saturated carbocycles. The summed E-state index contributed by atoms with van der Waals surface area (Å²) in [6, 6.07) is 12.7. The Bertz CT molecular complexity index is 768. The number of hydrogen-bond donors (Lipinski definition) is 2. The standard InChI is InChI=1S/C19H20Cl2FN3O2/c1-13-3-7-15(8-4-13)24-19(27)25(16-9-5-14(22)6-10-16)12-2-11-23-18(26)17(20)21/h3-10,17H,2,11-12H2,1H3,(H,23,26)(H,24,27). The lowest BCUT2D eigenvalue weighted by Crippen LogP contribution is -2.38. The molecule has 2 aromatic carbocycles. The Labute approximate surface area is 167 Å². The highest BCUT2D eigenvalue weighted by atomic mass is 35.5. The normalized spacial score (nSPS) is 10.6. The molecule has 0 atom stereocenters. The zero-order valence-electron chi connectivity index (χ0n) is 14.7. The van der Waals surface area contributed by atoms with Gasteiger partial charge in [-0.25, -0.2) is 9.18 Å². The first kappa shape index (κ1) is 21.0. The van der Waals surface area contributed by atoms with Gasteiger partial charge in [-0.05, 0) is 49.7 Å². The number of alkyl halides is 2. The predicted octanol–water partition coefficient (Wildman–Crippen LogP) is 4.48. The van der Waals surface area contributed by atoms with Crippen LogP contribution in [0.2, 0.25) is 0 Å². The summed E-state index contributed by atoms with van der Waals surface area (Å²) in [7, 11) is 0. The highest BCUT2D eigenvalue weighted by Gasteiger charge is 2.17. The Morgan fingerprint density at radius 3 is 2.30 bits per heavy atom. The molecule has 0 spiro atoms. The third-order valence-corrected chi connectivity index (χ3v) is 4.14. The summed E-state index contributed by atoms with van der Waals surface area (Å²) in [5, 5.41) is 5.39. The minimum absolute atomic E-state index is 0.296. The van der Waals surface area contributed by atoms with E-state index in [-0.39, 0.29) is 11.8 Å². The Balaban J connectivity index is 2.04. The van der Waals surface area contributed by atoms with E-state index >= 15 is 0 Å². The van der Waals surface area contributed by atoms with Crippen molar-refractivity contribution in [1.82, 2.24) is 5.32 Å². The van der Waals surface area contributed by atoms with Gasteiger partial charge in [-0.2, -0.15) is 0 Å². The van der Waals surface area contributed by atoms with Gasteiger partial charge in [0.25, 0.3) is 5.91 Å². The number of benzene rings is 2. The molecule has 0 saturated heterocycles. The first-order valence-corrected chi connectivity index (χ1v) is 9.20. The van der Waals surface area contributed by atoms with Gasteiger partial charge >= 0.3 is 6.03 Å². The van der Waals surface area contributed by atoms with Gasteiger partial charge in [0.05, 0.1) is 0 Å². The zero-order chi connectivity index (χ0) is 19.8. The van der Waals surface area contributed by atoms with Crippen molar-refractivity contribution in [2.24, 2.45) is 0 Å². The monoisotopic (exact) mass is 411 g/mol. The van der Waals surface area contributed by atoms with E-state index in [1.807, 2.05) is 19.1 Å². The second-order valence-electron chi connectivity index (χ2n) is 5.87. The van der Waals surface area contributed by atoms with Crippen molar-refractivity contribution >= 4 is 46.5 Å². The lowest BCUT2D eigenvalue weighted by Gasteiger charge is -2.23. The molecule has 2 rings (SSSR count). The summed E-state index contributed by atoms with van der Waals surface area (Å²) in [4.78, 5) is 24.4. The number of aryl methyl sites for hydroxylation is 1. The SMILES string of the molecule is Cc1ccc(NC(=O)N(CCCNC(=O)C(Cl)Cl)c2ccc(F)cc2)cc1. The van der Waals surface area contributed by atoms with E-state index in [1.54, 1.807) is 12.1 Å². The molecule has 0 radical (unpaired) electrons. The second-order valence-corrected chi connectivity index (χ2v) is 6.97. The van der Waals surface area contributed by atoms with Gasteiger partial charge in [0.1, 0.15) is 5.82 Å². The maximum Gasteiger partial charge on any atom is 0.326 e. The van der Waals surface area contributed by atoms with Crippen molar-refractivity contribution in [2.45, 2.75) is 18.2 Å². The van der Waals surface area contributed by atoms with Crippen LogP contribution in [0.15, 0.2) is 48.5 Å². The number of rotatable bonds is 7. The highest BCUT2D eigenvalue weighted by Crippen LogP contribution is 2.18. The van der Waals surface area contributed by atoms with Crippen molar-refractivity contribution < 1.29 is 14.0 Å². The van der Waals surface area contributed by atoms with Crippen LogP contribution < -0.4 is 15.5 Å². The van der Waals surface area contributed by atoms with Gasteiger partial charge in [-0.3, -0.25) is 9.69 Å². The zero-order valence-corrected chi connectivity index (χ0v) is 16.2. The van der Waals surface area contributed by atoms with Gasteiger partial charge < -0.3 is 10.6 Å². The van der Waals surface area contributed by atoms with Crippen molar-refractivity contribution in [3.8, 4) is 0 Å². The molecule has 0 bridgehead atoms. The topological polar surface area (TPSA) is 61.4 Å². The van der Waals surface area contributed by atoms with E-state index in [0.29, 0.717) is 30.9 Å². The van der Waals surface area contributed by atoms with E-state index in [2.05, 4.69) is 10.6 Å². The van der Waals surface area contributed by atoms with E-state index in [9.17, 15) is 14.0 Å². The number of halogens is 3. The highest BCUT2D eigenvalue weighted by molar-refractivity contribution is 6.53. The van der Waals surface area contributed by atoms with Crippen LogP contribution in [-0.4, -0.2) is 29.9 Å². The molecule has 0 heterocycles. The minimum Gasteiger partial charge on any atom is -0.354 e. The van der Waals surface area contributed by atoms with Gasteiger partial charge in [0.2, 0.25) is 0 Å². The maximum absolute atomic E-state index is 13.2. The Morgan fingerprint density at radius 1 is 1.07 bits per heavy atom. The lowest BCUT2D eigenvalue weighted by molar-refractivity contribution is -0.119. The Hall–Kier alpha value is -2.31. The summed E-state index contributed by atoms with van der Waals surface area (Å²) >= 11 is 11.0. The van der Waals surface area contributed by atoms with Crippen molar-refractivity contribution in [2.75, 3.05) is 23.3 Å². The number of carbonyl (C=O) groups is 2. The predicted molar refractivity (Wildman–Crippen MR) is 107 cm³/mol.